The fourth-order valence-electron chi connectivity index (χ4n) is 2.97. The number of nitrogens with zero attached hydrogens (tertiary/aromatic N) is 2. The zero-order valence-electron chi connectivity index (χ0n) is 12.9. The summed E-state index contributed by atoms with van der Waals surface area (Å²) in [5.41, 5.74) is 0.900. The molecule has 5 nitrogen and oxygen atoms in total. The average Bonchev–Trinajstić information content (AvgIpc) is 3.10. The maximum atomic E-state index is 12.3. The minimum absolute atomic E-state index is 0.0121. The number of amides is 1. The number of carbonyl (C=O) groups is 1. The third-order valence-electron chi connectivity index (χ3n) is 4.13. The first kappa shape index (κ1) is 15.9. The highest BCUT2D eigenvalue weighted by molar-refractivity contribution is 8.00. The van der Waals surface area contributed by atoms with Crippen LogP contribution in [-0.4, -0.2) is 32.5 Å². The number of rotatable bonds is 4. The Kier molecular flexibility index (Phi) is 4.82. The molecule has 0 saturated heterocycles. The molecule has 22 heavy (non-hydrogen) atoms. The lowest BCUT2D eigenvalue weighted by Crippen LogP contribution is -2.34. The second kappa shape index (κ2) is 6.66. The van der Waals surface area contributed by atoms with Gasteiger partial charge in [-0.3, -0.25) is 14.2 Å². The van der Waals surface area contributed by atoms with Crippen LogP contribution in [0.1, 0.15) is 38.3 Å². The zero-order chi connectivity index (χ0) is 15.7. The van der Waals surface area contributed by atoms with Gasteiger partial charge in [-0.15, -0.1) is 11.8 Å². The number of hydrogen-bond donors (Lipinski definition) is 1. The summed E-state index contributed by atoms with van der Waals surface area (Å²) in [6, 6.07) is 0.335. The van der Waals surface area contributed by atoms with Crippen molar-refractivity contribution in [1.29, 1.82) is 0 Å². The summed E-state index contributed by atoms with van der Waals surface area (Å²) in [5, 5.41) is 4.11. The molecule has 0 spiro atoms. The van der Waals surface area contributed by atoms with Gasteiger partial charge in [-0.2, -0.15) is 0 Å². The summed E-state index contributed by atoms with van der Waals surface area (Å²) in [6.45, 7) is 2.10. The van der Waals surface area contributed by atoms with E-state index in [1.807, 2.05) is 0 Å². The Morgan fingerprint density at radius 3 is 2.91 bits per heavy atom. The van der Waals surface area contributed by atoms with E-state index in [1.54, 1.807) is 23.4 Å². The van der Waals surface area contributed by atoms with Gasteiger partial charge in [0.25, 0.3) is 5.56 Å². The van der Waals surface area contributed by atoms with Crippen molar-refractivity contribution in [3.63, 3.8) is 0 Å². The normalized spacial score (nSPS) is 21.1. The Morgan fingerprint density at radius 2 is 2.18 bits per heavy atom. The first-order valence-corrected chi connectivity index (χ1v) is 9.60. The quantitative estimate of drug-likeness (QED) is 0.671. The van der Waals surface area contributed by atoms with E-state index in [-0.39, 0.29) is 11.5 Å². The van der Waals surface area contributed by atoms with Crippen LogP contribution in [0, 0.1) is 0 Å². The van der Waals surface area contributed by atoms with Crippen LogP contribution in [0.15, 0.2) is 14.8 Å². The van der Waals surface area contributed by atoms with Crippen LogP contribution in [0.4, 0.5) is 0 Å². The van der Waals surface area contributed by atoms with Crippen molar-refractivity contribution in [2.24, 2.45) is 7.05 Å². The molecule has 1 saturated carbocycles. The predicted molar refractivity (Wildman–Crippen MR) is 89.6 cm³/mol. The van der Waals surface area contributed by atoms with Crippen LogP contribution >= 0.6 is 23.5 Å². The van der Waals surface area contributed by atoms with Crippen LogP contribution in [-0.2, 0) is 18.3 Å². The van der Waals surface area contributed by atoms with E-state index in [4.69, 9.17) is 0 Å². The van der Waals surface area contributed by atoms with E-state index in [0.717, 1.165) is 29.9 Å². The third-order valence-corrected chi connectivity index (χ3v) is 6.38. The van der Waals surface area contributed by atoms with Crippen molar-refractivity contribution < 1.29 is 4.79 Å². The first-order chi connectivity index (χ1) is 10.5. The first-order valence-electron chi connectivity index (χ1n) is 7.73. The van der Waals surface area contributed by atoms with Gasteiger partial charge < -0.3 is 5.32 Å². The second-order valence-corrected chi connectivity index (χ2v) is 8.40. The van der Waals surface area contributed by atoms with E-state index in [2.05, 4.69) is 17.2 Å². The molecule has 3 rings (SSSR count). The maximum absolute atomic E-state index is 12.3. The van der Waals surface area contributed by atoms with Crippen molar-refractivity contribution in [1.82, 2.24) is 14.9 Å². The number of fused-ring (bicyclic) bond motifs is 1. The molecule has 1 unspecified atom stereocenters. The number of thioether (sulfide) groups is 2. The minimum atomic E-state index is 0.0121. The summed E-state index contributed by atoms with van der Waals surface area (Å²) < 4.78 is 1.57. The molecule has 2 heterocycles. The number of aromatic nitrogens is 2. The van der Waals surface area contributed by atoms with Crippen molar-refractivity contribution in [3.8, 4) is 0 Å². The number of nitrogens with one attached hydrogen (secondary N) is 1. The molecule has 0 bridgehead atoms. The lowest BCUT2D eigenvalue weighted by Gasteiger charge is -2.12. The molecular weight excluding hydrogens is 318 g/mol. The van der Waals surface area contributed by atoms with Crippen LogP contribution in [0.25, 0.3) is 0 Å². The van der Waals surface area contributed by atoms with Crippen molar-refractivity contribution in [2.75, 3.05) is 5.75 Å². The molecule has 1 fully saturated rings. The highest BCUT2D eigenvalue weighted by Crippen LogP contribution is 2.33. The SMILES string of the molecule is CC1Cc2nc(SCC(=O)NC3CCCC3)n(C)c(=O)c2S1. The van der Waals surface area contributed by atoms with Gasteiger partial charge in [0.1, 0.15) is 0 Å². The van der Waals surface area contributed by atoms with Gasteiger partial charge in [-0.1, -0.05) is 31.5 Å². The molecule has 1 aromatic heterocycles. The topological polar surface area (TPSA) is 64.0 Å². The summed E-state index contributed by atoms with van der Waals surface area (Å²) in [5.74, 6) is 0.354. The molecule has 0 radical (unpaired) electrons. The highest BCUT2D eigenvalue weighted by Gasteiger charge is 2.25. The molecule has 1 aromatic rings. The van der Waals surface area contributed by atoms with Crippen molar-refractivity contribution >= 4 is 29.4 Å². The van der Waals surface area contributed by atoms with Crippen LogP contribution in [0.3, 0.4) is 0 Å². The highest BCUT2D eigenvalue weighted by atomic mass is 32.2. The standard InChI is InChI=1S/C15H21N3O2S2/c1-9-7-11-13(22-9)14(20)18(2)15(17-11)21-8-12(19)16-10-5-3-4-6-10/h9-10H,3-8H2,1-2H3,(H,16,19). The zero-order valence-corrected chi connectivity index (χ0v) is 14.6. The van der Waals surface area contributed by atoms with E-state index < -0.39 is 0 Å². The van der Waals surface area contributed by atoms with Crippen LogP contribution in [0.2, 0.25) is 0 Å². The van der Waals surface area contributed by atoms with Gasteiger partial charge >= 0.3 is 0 Å². The Morgan fingerprint density at radius 1 is 1.45 bits per heavy atom. The minimum Gasteiger partial charge on any atom is -0.353 e. The average molecular weight is 339 g/mol. The summed E-state index contributed by atoms with van der Waals surface area (Å²) in [4.78, 5) is 29.7. The molecule has 1 aliphatic heterocycles. The van der Waals surface area contributed by atoms with E-state index in [9.17, 15) is 9.59 Å². The fourth-order valence-corrected chi connectivity index (χ4v) is 4.92. The van der Waals surface area contributed by atoms with Gasteiger partial charge in [-0.05, 0) is 12.8 Å². The maximum Gasteiger partial charge on any atom is 0.267 e. The molecule has 7 heteroatoms. The number of carbonyl (C=O) groups excluding carboxylic acids is 1. The smallest absolute Gasteiger partial charge is 0.267 e. The van der Waals surface area contributed by atoms with Gasteiger partial charge in [0.15, 0.2) is 5.16 Å². The summed E-state index contributed by atoms with van der Waals surface area (Å²) >= 11 is 2.95. The fraction of sp³-hybridized carbons (Fsp3) is 0.667. The van der Waals surface area contributed by atoms with Crippen LogP contribution < -0.4 is 10.9 Å². The van der Waals surface area contributed by atoms with Gasteiger partial charge in [-0.25, -0.2) is 4.98 Å². The molecule has 1 N–H and O–H groups in total. The molecule has 1 amide bonds. The van der Waals surface area contributed by atoms with Gasteiger partial charge in [0.2, 0.25) is 5.91 Å². The van der Waals surface area contributed by atoms with E-state index >= 15 is 0 Å². The van der Waals surface area contributed by atoms with Crippen LogP contribution in [0.5, 0.6) is 0 Å². The molecule has 0 aromatic carbocycles. The van der Waals surface area contributed by atoms with E-state index in [0.29, 0.717) is 22.2 Å². The number of hydrogen-bond acceptors (Lipinski definition) is 5. The Balaban J connectivity index is 1.65. The van der Waals surface area contributed by atoms with Gasteiger partial charge in [0.05, 0.1) is 16.3 Å². The predicted octanol–water partition coefficient (Wildman–Crippen LogP) is 1.97. The van der Waals surface area contributed by atoms with E-state index in [1.165, 1.54) is 24.6 Å². The third kappa shape index (κ3) is 3.35. The monoisotopic (exact) mass is 339 g/mol. The van der Waals surface area contributed by atoms with Gasteiger partial charge in [0, 0.05) is 24.8 Å². The molecule has 1 atom stereocenters. The molecule has 120 valence electrons. The summed E-state index contributed by atoms with van der Waals surface area (Å²) in [7, 11) is 1.73. The Hall–Kier alpha value is -0.950. The Labute approximate surface area is 138 Å². The lowest BCUT2D eigenvalue weighted by atomic mass is 10.2. The van der Waals surface area contributed by atoms with Crippen molar-refractivity contribution in [3.05, 3.63) is 16.0 Å². The Bertz CT molecular complexity index is 638. The molecule has 1 aliphatic carbocycles. The molecule has 2 aliphatic rings. The summed E-state index contributed by atoms with van der Waals surface area (Å²) in [6.07, 6.45) is 5.41. The second-order valence-electron chi connectivity index (χ2n) is 6.00. The lowest BCUT2D eigenvalue weighted by molar-refractivity contribution is -0.119. The molecular formula is C15H21N3O2S2. The van der Waals surface area contributed by atoms with Crippen molar-refractivity contribution in [2.45, 2.75) is 60.4 Å². The largest absolute Gasteiger partial charge is 0.353 e.